The minimum absolute atomic E-state index is 0.164. The molecule has 0 fully saturated rings. The number of aliphatic hydroxyl groups excluding tert-OH is 1. The monoisotopic (exact) mass is 585 g/mol. The third-order valence-corrected chi connectivity index (χ3v) is 5.56. The molecule has 0 heterocycles. The summed E-state index contributed by atoms with van der Waals surface area (Å²) < 4.78 is 44.6. The van der Waals surface area contributed by atoms with E-state index in [4.69, 9.17) is 9.94 Å². The minimum Gasteiger partial charge on any atom is -0.394 e. The van der Waals surface area contributed by atoms with E-state index in [-0.39, 0.29) is 43.1 Å². The van der Waals surface area contributed by atoms with Crippen molar-refractivity contribution >= 4 is 51.6 Å². The van der Waals surface area contributed by atoms with E-state index in [1.165, 1.54) is 12.1 Å². The van der Waals surface area contributed by atoms with Gasteiger partial charge in [0.1, 0.15) is 5.82 Å². The van der Waals surface area contributed by atoms with E-state index in [0.29, 0.717) is 9.99 Å². The van der Waals surface area contributed by atoms with Crippen LogP contribution in [0.1, 0.15) is 22.3 Å². The molecule has 0 aliphatic heterocycles. The Morgan fingerprint density at radius 2 is 2.00 bits per heavy atom. The van der Waals surface area contributed by atoms with Crippen molar-refractivity contribution < 1.29 is 33.1 Å². The number of aliphatic hydroxyl groups is 1. The van der Waals surface area contributed by atoms with Gasteiger partial charge in [0.05, 0.1) is 36.7 Å². The number of hydrogen-bond donors (Lipinski definition) is 4. The Morgan fingerprint density at radius 3 is 2.66 bits per heavy atom. The van der Waals surface area contributed by atoms with E-state index in [1.54, 1.807) is 17.8 Å². The summed E-state index contributed by atoms with van der Waals surface area (Å²) >= 11 is 3.48. The molecule has 0 unspecified atom stereocenters. The Hall–Kier alpha value is -1.58. The fourth-order valence-corrected chi connectivity index (χ4v) is 3.58. The fourth-order valence-electron chi connectivity index (χ4n) is 2.70. The Balaban J connectivity index is 2.41. The number of hydrogen-bond acceptors (Lipinski definition) is 7. The molecule has 2 aromatic rings. The summed E-state index contributed by atoms with van der Waals surface area (Å²) in [5.41, 5.74) is 0.622. The highest BCUT2D eigenvalue weighted by molar-refractivity contribution is 14.1. The molecule has 0 aromatic heterocycles. The molecule has 4 N–H and O–H groups in total. The predicted octanol–water partition coefficient (Wildman–Crippen LogP) is 4.05. The van der Waals surface area contributed by atoms with Crippen LogP contribution in [-0.2, 0) is 11.4 Å². The number of hydroxylamine groups is 3. The van der Waals surface area contributed by atoms with Gasteiger partial charge >= 0.3 is 0 Å². The Morgan fingerprint density at radius 1 is 1.25 bits per heavy atom. The van der Waals surface area contributed by atoms with Crippen LogP contribution >= 0.6 is 34.4 Å². The molecule has 0 bridgehead atoms. The van der Waals surface area contributed by atoms with Crippen molar-refractivity contribution in [1.82, 2.24) is 10.5 Å². The van der Waals surface area contributed by atoms with Crippen LogP contribution in [0.4, 0.5) is 24.5 Å². The number of carbonyl (C=O) groups excluding carboxylic acids is 1. The number of halogens is 4. The van der Waals surface area contributed by atoms with E-state index in [0.717, 1.165) is 16.9 Å². The van der Waals surface area contributed by atoms with Crippen molar-refractivity contribution in [3.63, 3.8) is 0 Å². The molecule has 1 amide bonds. The molecule has 32 heavy (non-hydrogen) atoms. The molecular formula is C20H23F3IN3O4S. The number of nitrogens with one attached hydrogen (secondary N) is 2. The summed E-state index contributed by atoms with van der Waals surface area (Å²) in [7, 11) is 0. The molecule has 0 spiro atoms. The van der Waals surface area contributed by atoms with E-state index in [9.17, 15) is 23.2 Å². The number of benzene rings is 2. The van der Waals surface area contributed by atoms with Crippen molar-refractivity contribution in [2.75, 3.05) is 37.1 Å². The summed E-state index contributed by atoms with van der Waals surface area (Å²) in [6.07, 6.45) is 2.53. The van der Waals surface area contributed by atoms with Crippen molar-refractivity contribution in [2.45, 2.75) is 13.0 Å². The lowest BCUT2D eigenvalue weighted by Crippen LogP contribution is -2.27. The van der Waals surface area contributed by atoms with Gasteiger partial charge in [0.15, 0.2) is 11.6 Å². The summed E-state index contributed by atoms with van der Waals surface area (Å²) in [4.78, 5) is 17.3. The first kappa shape index (κ1) is 26.7. The molecule has 0 atom stereocenters. The van der Waals surface area contributed by atoms with Crippen molar-refractivity contribution in [2.24, 2.45) is 0 Å². The first-order valence-corrected chi connectivity index (χ1v) is 11.9. The van der Waals surface area contributed by atoms with E-state index in [1.807, 2.05) is 34.3 Å². The van der Waals surface area contributed by atoms with Gasteiger partial charge in [-0.3, -0.25) is 9.63 Å². The van der Waals surface area contributed by atoms with Gasteiger partial charge in [-0.1, -0.05) is 0 Å². The zero-order valence-corrected chi connectivity index (χ0v) is 20.1. The lowest BCUT2D eigenvalue weighted by atomic mass is 10.1. The van der Waals surface area contributed by atoms with Crippen LogP contribution in [0.2, 0.25) is 0 Å². The molecule has 12 heteroatoms. The molecule has 0 saturated heterocycles. The van der Waals surface area contributed by atoms with Gasteiger partial charge in [0.2, 0.25) is 0 Å². The highest BCUT2D eigenvalue weighted by atomic mass is 127. The second kappa shape index (κ2) is 13.2. The van der Waals surface area contributed by atoms with Gasteiger partial charge in [0.25, 0.3) is 5.91 Å². The molecule has 2 aromatic carbocycles. The number of nitrogens with zero attached hydrogens (tertiary/aromatic N) is 1. The predicted molar refractivity (Wildman–Crippen MR) is 124 cm³/mol. The topological polar surface area (TPSA) is 94.1 Å². The van der Waals surface area contributed by atoms with Crippen LogP contribution in [0.25, 0.3) is 0 Å². The highest BCUT2D eigenvalue weighted by Gasteiger charge is 2.24. The maximum absolute atomic E-state index is 15.0. The second-order valence-corrected chi connectivity index (χ2v) is 8.80. The van der Waals surface area contributed by atoms with Crippen LogP contribution in [0.5, 0.6) is 0 Å². The third kappa shape index (κ3) is 7.49. The first-order chi connectivity index (χ1) is 15.3. The van der Waals surface area contributed by atoms with Gasteiger partial charge in [0, 0.05) is 15.7 Å². The molecule has 7 nitrogen and oxygen atoms in total. The molecular weight excluding hydrogens is 562 g/mol. The lowest BCUT2D eigenvalue weighted by Gasteiger charge is -2.19. The first-order valence-electron chi connectivity index (χ1n) is 9.47. The smallest absolute Gasteiger partial charge is 0.277 e. The molecule has 176 valence electrons. The summed E-state index contributed by atoms with van der Waals surface area (Å²) in [5, 5.41) is 22.1. The van der Waals surface area contributed by atoms with E-state index in [2.05, 4.69) is 5.32 Å². The fraction of sp³-hybridized carbons (Fsp3) is 0.350. The number of carbonyl (C=O) groups is 1. The molecule has 0 saturated carbocycles. The molecule has 0 aliphatic carbocycles. The van der Waals surface area contributed by atoms with Crippen LogP contribution in [0.15, 0.2) is 24.3 Å². The number of anilines is 2. The minimum atomic E-state index is -1.41. The van der Waals surface area contributed by atoms with Gasteiger partial charge in [-0.2, -0.15) is 16.8 Å². The zero-order chi connectivity index (χ0) is 23.7. The third-order valence-electron chi connectivity index (χ3n) is 4.19. The second-order valence-electron chi connectivity index (χ2n) is 6.57. The van der Waals surface area contributed by atoms with Crippen LogP contribution in [0.3, 0.4) is 0 Å². The van der Waals surface area contributed by atoms with E-state index < -0.39 is 29.0 Å². The number of amides is 1. The van der Waals surface area contributed by atoms with Gasteiger partial charge in [-0.25, -0.2) is 18.7 Å². The Kier molecular flexibility index (Phi) is 11.0. The van der Waals surface area contributed by atoms with Crippen molar-refractivity contribution in [3.05, 3.63) is 56.4 Å². The maximum Gasteiger partial charge on any atom is 0.277 e. The largest absolute Gasteiger partial charge is 0.394 e. The molecule has 2 rings (SSSR count). The van der Waals surface area contributed by atoms with Crippen LogP contribution < -0.4 is 10.8 Å². The Labute approximate surface area is 201 Å². The normalized spacial score (nSPS) is 11.1. The summed E-state index contributed by atoms with van der Waals surface area (Å²) in [6.45, 7) is -0.752. The molecule has 0 aliphatic rings. The number of rotatable bonds is 12. The SMILES string of the molecule is CSCCCN(O)Cc1cc(C(=O)NOCCO)c(Nc2ccc(I)cc2F)c(F)c1F. The van der Waals surface area contributed by atoms with Crippen molar-refractivity contribution in [3.8, 4) is 0 Å². The highest BCUT2D eigenvalue weighted by Crippen LogP contribution is 2.31. The van der Waals surface area contributed by atoms with Crippen molar-refractivity contribution in [1.29, 1.82) is 0 Å². The standard InChI is InChI=1S/C20H23F3IN3O4S/c1-32-8-2-5-27(30)11-12-9-14(20(29)26-31-7-6-28)19(18(23)17(12)22)25-16-4-3-13(24)10-15(16)21/h3-4,9-10,25,28,30H,2,5-8,11H2,1H3,(H,26,29). The lowest BCUT2D eigenvalue weighted by molar-refractivity contribution is -0.0994. The quantitative estimate of drug-likeness (QED) is 0.170. The maximum atomic E-state index is 15.0. The summed E-state index contributed by atoms with van der Waals surface area (Å²) in [5.74, 6) is -3.59. The average Bonchev–Trinajstić information content (AvgIpc) is 2.75. The van der Waals surface area contributed by atoms with Crippen LogP contribution in [-0.4, -0.2) is 53.1 Å². The zero-order valence-electron chi connectivity index (χ0n) is 17.1. The average molecular weight is 585 g/mol. The van der Waals surface area contributed by atoms with Gasteiger partial charge in [-0.05, 0) is 65.3 Å². The molecule has 0 radical (unpaired) electrons. The Bertz CT molecular complexity index is 939. The summed E-state index contributed by atoms with van der Waals surface area (Å²) in [6, 6.07) is 5.12. The van der Waals surface area contributed by atoms with Gasteiger partial charge < -0.3 is 15.6 Å². The van der Waals surface area contributed by atoms with E-state index >= 15 is 0 Å². The van der Waals surface area contributed by atoms with Gasteiger partial charge in [-0.15, -0.1) is 0 Å². The van der Waals surface area contributed by atoms with Crippen LogP contribution in [0, 0.1) is 21.0 Å². The number of thioether (sulfide) groups is 1.